The molecule has 1 aromatic carbocycles. The summed E-state index contributed by atoms with van der Waals surface area (Å²) in [5.41, 5.74) is 2.12. The van der Waals surface area contributed by atoms with Crippen molar-refractivity contribution in [3.8, 4) is 11.4 Å². The number of nitrogens with one attached hydrogen (secondary N) is 2. The van der Waals surface area contributed by atoms with Crippen LogP contribution in [0.3, 0.4) is 0 Å². The minimum atomic E-state index is -0.584. The Hall–Kier alpha value is -3.35. The minimum Gasteiger partial charge on any atom is -0.349 e. The van der Waals surface area contributed by atoms with Gasteiger partial charge < -0.3 is 10.6 Å². The van der Waals surface area contributed by atoms with Gasteiger partial charge in [0.05, 0.1) is 0 Å². The molecule has 3 aromatic rings. The molecular formula is C18H16FN5O. The van der Waals surface area contributed by atoms with Crippen molar-refractivity contribution in [2.45, 2.75) is 0 Å². The van der Waals surface area contributed by atoms with Gasteiger partial charge in [0.15, 0.2) is 5.82 Å². The average molecular weight is 337 g/mol. The lowest BCUT2D eigenvalue weighted by Gasteiger charge is -2.08. The van der Waals surface area contributed by atoms with Crippen LogP contribution in [-0.4, -0.2) is 34.1 Å². The molecule has 1 amide bonds. The van der Waals surface area contributed by atoms with Crippen LogP contribution in [0.1, 0.15) is 10.4 Å². The normalized spacial score (nSPS) is 10.3. The van der Waals surface area contributed by atoms with Crippen LogP contribution in [0.2, 0.25) is 0 Å². The Labute approximate surface area is 144 Å². The lowest BCUT2D eigenvalue weighted by atomic mass is 10.2. The predicted octanol–water partition coefficient (Wildman–Crippen LogP) is 2.98. The fourth-order valence-electron chi connectivity index (χ4n) is 2.18. The van der Waals surface area contributed by atoms with Crippen molar-refractivity contribution in [3.05, 3.63) is 66.6 Å². The highest BCUT2D eigenvalue weighted by atomic mass is 19.1. The molecule has 0 radical (unpaired) electrons. The summed E-state index contributed by atoms with van der Waals surface area (Å²) in [6.45, 7) is -0.573. The lowest BCUT2D eigenvalue weighted by Crippen LogP contribution is -2.25. The smallest absolute Gasteiger partial charge is 0.251 e. The molecule has 2 N–H and O–H groups in total. The number of alkyl halides is 1. The monoisotopic (exact) mass is 337 g/mol. The van der Waals surface area contributed by atoms with E-state index in [0.29, 0.717) is 17.2 Å². The number of rotatable bonds is 6. The summed E-state index contributed by atoms with van der Waals surface area (Å²) >= 11 is 0. The van der Waals surface area contributed by atoms with Crippen molar-refractivity contribution < 1.29 is 9.18 Å². The molecule has 126 valence electrons. The van der Waals surface area contributed by atoms with Gasteiger partial charge in [-0.25, -0.2) is 14.4 Å². The fourth-order valence-corrected chi connectivity index (χ4v) is 2.18. The lowest BCUT2D eigenvalue weighted by molar-refractivity contribution is 0.0951. The van der Waals surface area contributed by atoms with E-state index >= 15 is 0 Å². The third-order valence-electron chi connectivity index (χ3n) is 3.39. The van der Waals surface area contributed by atoms with Gasteiger partial charge in [0.2, 0.25) is 0 Å². The van der Waals surface area contributed by atoms with Gasteiger partial charge in [-0.3, -0.25) is 9.78 Å². The first-order chi connectivity index (χ1) is 12.3. The van der Waals surface area contributed by atoms with Crippen molar-refractivity contribution >= 4 is 17.4 Å². The molecule has 0 aliphatic rings. The topological polar surface area (TPSA) is 79.8 Å². The first-order valence-electron chi connectivity index (χ1n) is 7.71. The third-order valence-corrected chi connectivity index (χ3v) is 3.39. The second-order valence-electron chi connectivity index (χ2n) is 5.15. The van der Waals surface area contributed by atoms with Gasteiger partial charge >= 0.3 is 0 Å². The van der Waals surface area contributed by atoms with E-state index < -0.39 is 6.67 Å². The number of hydrogen-bond donors (Lipinski definition) is 2. The molecule has 0 bridgehead atoms. The molecule has 0 atom stereocenters. The number of amides is 1. The molecule has 0 fully saturated rings. The van der Waals surface area contributed by atoms with Crippen LogP contribution in [0.4, 0.5) is 15.9 Å². The number of anilines is 2. The Morgan fingerprint density at radius 3 is 2.48 bits per heavy atom. The van der Waals surface area contributed by atoms with Gasteiger partial charge in [0, 0.05) is 41.9 Å². The molecule has 3 rings (SSSR count). The Balaban J connectivity index is 1.71. The number of carbonyl (C=O) groups is 1. The number of halogens is 1. The Morgan fingerprint density at radius 2 is 1.76 bits per heavy atom. The van der Waals surface area contributed by atoms with Crippen LogP contribution in [0.15, 0.2) is 61.1 Å². The maximum Gasteiger partial charge on any atom is 0.251 e. The van der Waals surface area contributed by atoms with E-state index in [0.717, 1.165) is 11.3 Å². The minimum absolute atomic E-state index is 0.0115. The summed E-state index contributed by atoms with van der Waals surface area (Å²) in [5.74, 6) is 0.928. The SMILES string of the molecule is O=C(NCCF)c1ccc(Nc2ccnc(-c3ccncc3)n2)cc1. The summed E-state index contributed by atoms with van der Waals surface area (Å²) in [6, 6.07) is 12.3. The Kier molecular flexibility index (Phi) is 5.26. The molecule has 0 aliphatic carbocycles. The van der Waals surface area contributed by atoms with Crippen molar-refractivity contribution in [3.63, 3.8) is 0 Å². The maximum absolute atomic E-state index is 12.1. The zero-order chi connectivity index (χ0) is 17.5. The number of nitrogens with zero attached hydrogens (tertiary/aromatic N) is 3. The van der Waals surface area contributed by atoms with E-state index in [1.54, 1.807) is 48.9 Å². The molecule has 2 aromatic heterocycles. The van der Waals surface area contributed by atoms with Crippen LogP contribution in [-0.2, 0) is 0 Å². The molecule has 0 aliphatic heterocycles. The summed E-state index contributed by atoms with van der Waals surface area (Å²) in [7, 11) is 0. The summed E-state index contributed by atoms with van der Waals surface area (Å²) < 4.78 is 12.1. The first-order valence-corrected chi connectivity index (χ1v) is 7.71. The molecule has 6 nitrogen and oxygen atoms in total. The molecule has 2 heterocycles. The fraction of sp³-hybridized carbons (Fsp3) is 0.111. The molecule has 0 spiro atoms. The first kappa shape index (κ1) is 16.5. The molecule has 0 saturated carbocycles. The van der Waals surface area contributed by atoms with Gasteiger partial charge in [-0.05, 0) is 42.5 Å². The summed E-state index contributed by atoms with van der Waals surface area (Å²) in [4.78, 5) is 24.4. The van der Waals surface area contributed by atoms with E-state index in [4.69, 9.17) is 0 Å². The highest BCUT2D eigenvalue weighted by Crippen LogP contribution is 2.18. The van der Waals surface area contributed by atoms with Crippen LogP contribution in [0.25, 0.3) is 11.4 Å². The number of pyridine rings is 1. The highest BCUT2D eigenvalue weighted by molar-refractivity contribution is 5.94. The standard InChI is InChI=1S/C18H16FN5O/c19-8-12-22-18(25)14-1-3-15(4-2-14)23-16-7-11-21-17(24-16)13-5-9-20-10-6-13/h1-7,9-11H,8,12H2,(H,22,25)(H,21,23,24). The maximum atomic E-state index is 12.1. The summed E-state index contributed by atoms with van der Waals surface area (Å²) in [5, 5.41) is 5.65. The Bertz CT molecular complexity index is 840. The van der Waals surface area contributed by atoms with E-state index in [-0.39, 0.29) is 12.5 Å². The number of aromatic nitrogens is 3. The van der Waals surface area contributed by atoms with Crippen LogP contribution >= 0.6 is 0 Å². The second-order valence-corrected chi connectivity index (χ2v) is 5.15. The zero-order valence-electron chi connectivity index (χ0n) is 13.3. The quantitative estimate of drug-likeness (QED) is 0.723. The zero-order valence-corrected chi connectivity index (χ0v) is 13.3. The number of benzene rings is 1. The van der Waals surface area contributed by atoms with E-state index in [1.165, 1.54) is 0 Å². The highest BCUT2D eigenvalue weighted by Gasteiger charge is 2.06. The number of carbonyl (C=O) groups excluding carboxylic acids is 1. The molecule has 0 unspecified atom stereocenters. The van der Waals surface area contributed by atoms with Crippen molar-refractivity contribution in [2.24, 2.45) is 0 Å². The van der Waals surface area contributed by atoms with Crippen LogP contribution < -0.4 is 10.6 Å². The second kappa shape index (κ2) is 7.96. The molecule has 25 heavy (non-hydrogen) atoms. The largest absolute Gasteiger partial charge is 0.349 e. The van der Waals surface area contributed by atoms with Gasteiger partial charge in [-0.15, -0.1) is 0 Å². The van der Waals surface area contributed by atoms with Crippen molar-refractivity contribution in [2.75, 3.05) is 18.5 Å². The van der Waals surface area contributed by atoms with Gasteiger partial charge in [-0.1, -0.05) is 0 Å². The predicted molar refractivity (Wildman–Crippen MR) is 93.3 cm³/mol. The molecule has 7 heteroatoms. The molecule has 0 saturated heterocycles. The average Bonchev–Trinajstić information content (AvgIpc) is 2.67. The van der Waals surface area contributed by atoms with Gasteiger partial charge in [0.1, 0.15) is 12.5 Å². The van der Waals surface area contributed by atoms with Gasteiger partial charge in [0.25, 0.3) is 5.91 Å². The van der Waals surface area contributed by atoms with Gasteiger partial charge in [-0.2, -0.15) is 0 Å². The molecular weight excluding hydrogens is 321 g/mol. The van der Waals surface area contributed by atoms with E-state index in [1.807, 2.05) is 12.1 Å². The van der Waals surface area contributed by atoms with Crippen molar-refractivity contribution in [1.82, 2.24) is 20.3 Å². The third kappa shape index (κ3) is 4.35. The van der Waals surface area contributed by atoms with Crippen LogP contribution in [0.5, 0.6) is 0 Å². The van der Waals surface area contributed by atoms with Crippen LogP contribution in [0, 0.1) is 0 Å². The Morgan fingerprint density at radius 1 is 1.00 bits per heavy atom. The number of hydrogen-bond acceptors (Lipinski definition) is 5. The van der Waals surface area contributed by atoms with E-state index in [9.17, 15) is 9.18 Å². The summed E-state index contributed by atoms with van der Waals surface area (Å²) in [6.07, 6.45) is 5.04. The van der Waals surface area contributed by atoms with Crippen molar-refractivity contribution in [1.29, 1.82) is 0 Å². The van der Waals surface area contributed by atoms with E-state index in [2.05, 4.69) is 25.6 Å².